The lowest BCUT2D eigenvalue weighted by Crippen LogP contribution is -1.94. The molecule has 0 spiro atoms. The molecular weight excluding hydrogens is 376 g/mol. The van der Waals surface area contributed by atoms with Gasteiger partial charge in [0.15, 0.2) is 0 Å². The van der Waals surface area contributed by atoms with Crippen LogP contribution in [0.4, 0.5) is 0 Å². The van der Waals surface area contributed by atoms with Crippen molar-refractivity contribution in [2.24, 2.45) is 5.92 Å². The van der Waals surface area contributed by atoms with Crippen LogP contribution in [-0.4, -0.2) is 8.91 Å². The molecule has 12 heavy (non-hydrogen) atoms. The molecule has 0 bridgehead atoms. The minimum absolute atomic E-state index is 0.899. The summed E-state index contributed by atoms with van der Waals surface area (Å²) in [7, 11) is 0. The summed E-state index contributed by atoms with van der Waals surface area (Å²) < 4.78 is 2.01. The first-order chi connectivity index (χ1) is 5.75. The SMILES string of the molecule is Ic1cccc(CC2CC2I)n1. The number of aromatic nitrogens is 1. The number of halogens is 2. The van der Waals surface area contributed by atoms with Crippen LogP contribution in [0.15, 0.2) is 18.2 Å². The molecule has 1 nitrogen and oxygen atoms in total. The van der Waals surface area contributed by atoms with Gasteiger partial charge in [0.2, 0.25) is 0 Å². The first-order valence-corrected chi connectivity index (χ1v) is 6.33. The highest BCUT2D eigenvalue weighted by atomic mass is 127. The molecule has 1 heterocycles. The Morgan fingerprint density at radius 3 is 2.83 bits per heavy atom. The van der Waals surface area contributed by atoms with Gasteiger partial charge in [0.05, 0.1) is 0 Å². The van der Waals surface area contributed by atoms with Crippen molar-refractivity contribution in [3.05, 3.63) is 27.6 Å². The summed E-state index contributed by atoms with van der Waals surface area (Å²) in [5.74, 6) is 0.899. The van der Waals surface area contributed by atoms with E-state index in [1.165, 1.54) is 18.5 Å². The Balaban J connectivity index is 2.03. The third-order valence-electron chi connectivity index (χ3n) is 2.08. The molecule has 0 N–H and O–H groups in total. The number of hydrogen-bond donors (Lipinski definition) is 0. The van der Waals surface area contributed by atoms with Crippen LogP contribution in [-0.2, 0) is 6.42 Å². The van der Waals surface area contributed by atoms with E-state index in [9.17, 15) is 0 Å². The van der Waals surface area contributed by atoms with E-state index in [2.05, 4.69) is 62.3 Å². The van der Waals surface area contributed by atoms with Crippen molar-refractivity contribution in [2.75, 3.05) is 0 Å². The first kappa shape index (κ1) is 9.18. The van der Waals surface area contributed by atoms with Crippen molar-refractivity contribution < 1.29 is 0 Å². The normalized spacial score (nSPS) is 27.2. The van der Waals surface area contributed by atoms with Crippen LogP contribution in [0.3, 0.4) is 0 Å². The zero-order valence-corrected chi connectivity index (χ0v) is 10.8. The van der Waals surface area contributed by atoms with Gasteiger partial charge in [-0.3, -0.25) is 0 Å². The minimum atomic E-state index is 0.899. The van der Waals surface area contributed by atoms with E-state index in [0.717, 1.165) is 13.5 Å². The largest absolute Gasteiger partial charge is 0.247 e. The monoisotopic (exact) mass is 385 g/mol. The molecule has 0 aromatic carbocycles. The lowest BCUT2D eigenvalue weighted by Gasteiger charge is -1.98. The van der Waals surface area contributed by atoms with Gasteiger partial charge in [-0.1, -0.05) is 28.7 Å². The summed E-state index contributed by atoms with van der Waals surface area (Å²) in [5, 5.41) is 0. The van der Waals surface area contributed by atoms with Crippen molar-refractivity contribution in [1.29, 1.82) is 0 Å². The van der Waals surface area contributed by atoms with Crippen LogP contribution in [0.25, 0.3) is 0 Å². The van der Waals surface area contributed by atoms with Gasteiger partial charge in [-0.25, -0.2) is 4.98 Å². The van der Waals surface area contributed by atoms with E-state index >= 15 is 0 Å². The highest BCUT2D eigenvalue weighted by Crippen LogP contribution is 2.40. The molecular formula is C9H9I2N. The van der Waals surface area contributed by atoms with E-state index < -0.39 is 0 Å². The molecule has 0 saturated heterocycles. The van der Waals surface area contributed by atoms with E-state index in [1.54, 1.807) is 0 Å². The third-order valence-corrected chi connectivity index (χ3v) is 4.21. The average Bonchev–Trinajstić information content (AvgIpc) is 2.66. The lowest BCUT2D eigenvalue weighted by molar-refractivity contribution is 0.808. The Bertz CT molecular complexity index is 288. The molecule has 2 unspecified atom stereocenters. The number of hydrogen-bond acceptors (Lipinski definition) is 1. The fourth-order valence-corrected chi connectivity index (χ4v) is 2.68. The second kappa shape index (κ2) is 3.77. The van der Waals surface area contributed by atoms with Crippen LogP contribution >= 0.6 is 45.2 Å². The summed E-state index contributed by atoms with van der Waals surface area (Å²) >= 11 is 4.79. The van der Waals surface area contributed by atoms with Gasteiger partial charge >= 0.3 is 0 Å². The fraction of sp³-hybridized carbons (Fsp3) is 0.444. The second-order valence-corrected chi connectivity index (χ2v) is 5.87. The summed E-state index contributed by atoms with van der Waals surface area (Å²) in [4.78, 5) is 4.47. The van der Waals surface area contributed by atoms with Gasteiger partial charge in [-0.2, -0.15) is 0 Å². The highest BCUT2D eigenvalue weighted by molar-refractivity contribution is 14.1. The van der Waals surface area contributed by atoms with E-state index in [-0.39, 0.29) is 0 Å². The maximum absolute atomic E-state index is 4.47. The van der Waals surface area contributed by atoms with E-state index in [1.807, 2.05) is 6.07 Å². The highest BCUT2D eigenvalue weighted by Gasteiger charge is 2.34. The molecule has 0 aliphatic heterocycles. The molecule has 1 aliphatic carbocycles. The van der Waals surface area contributed by atoms with Crippen molar-refractivity contribution >= 4 is 45.2 Å². The van der Waals surface area contributed by atoms with Crippen molar-refractivity contribution in [2.45, 2.75) is 16.8 Å². The summed E-state index contributed by atoms with van der Waals surface area (Å²) in [6.45, 7) is 0. The molecule has 1 fully saturated rings. The van der Waals surface area contributed by atoms with E-state index in [4.69, 9.17) is 0 Å². The van der Waals surface area contributed by atoms with Gasteiger partial charge < -0.3 is 0 Å². The topological polar surface area (TPSA) is 12.9 Å². The molecule has 0 amide bonds. The van der Waals surface area contributed by atoms with Crippen molar-refractivity contribution in [1.82, 2.24) is 4.98 Å². The van der Waals surface area contributed by atoms with Crippen LogP contribution in [0, 0.1) is 9.62 Å². The van der Waals surface area contributed by atoms with Gasteiger partial charge in [0, 0.05) is 9.62 Å². The van der Waals surface area contributed by atoms with Gasteiger partial charge in [-0.05, 0) is 53.5 Å². The van der Waals surface area contributed by atoms with Crippen LogP contribution in [0.5, 0.6) is 0 Å². The predicted molar refractivity (Wildman–Crippen MR) is 66.6 cm³/mol. The minimum Gasteiger partial charge on any atom is -0.247 e. The molecule has 2 atom stereocenters. The van der Waals surface area contributed by atoms with Crippen molar-refractivity contribution in [3.63, 3.8) is 0 Å². The quantitative estimate of drug-likeness (QED) is 0.434. The zero-order valence-electron chi connectivity index (χ0n) is 6.50. The maximum atomic E-state index is 4.47. The molecule has 1 saturated carbocycles. The molecule has 0 radical (unpaired) electrons. The average molecular weight is 385 g/mol. The number of rotatable bonds is 2. The molecule has 1 aromatic rings. The van der Waals surface area contributed by atoms with Crippen LogP contribution in [0.1, 0.15) is 12.1 Å². The smallest absolute Gasteiger partial charge is 0.101 e. The Labute approximate surface area is 99.6 Å². The molecule has 3 heteroatoms. The molecule has 2 rings (SSSR count). The standard InChI is InChI=1S/C9H9I2N/c10-8-5-6(8)4-7-2-1-3-9(11)12-7/h1-3,6,8H,4-5H2. The Morgan fingerprint density at radius 1 is 1.50 bits per heavy atom. The molecule has 1 aliphatic rings. The predicted octanol–water partition coefficient (Wildman–Crippen LogP) is 3.05. The lowest BCUT2D eigenvalue weighted by atomic mass is 10.2. The summed E-state index contributed by atoms with van der Waals surface area (Å²) in [6, 6.07) is 6.26. The Hall–Kier alpha value is 0.610. The van der Waals surface area contributed by atoms with Crippen LogP contribution < -0.4 is 0 Å². The first-order valence-electron chi connectivity index (χ1n) is 4.01. The van der Waals surface area contributed by atoms with Gasteiger partial charge in [-0.15, -0.1) is 0 Å². The van der Waals surface area contributed by atoms with Gasteiger partial charge in [0.1, 0.15) is 3.70 Å². The molecule has 64 valence electrons. The van der Waals surface area contributed by atoms with Gasteiger partial charge in [0.25, 0.3) is 0 Å². The van der Waals surface area contributed by atoms with E-state index in [0.29, 0.717) is 0 Å². The number of alkyl halides is 1. The third kappa shape index (κ3) is 2.31. The number of nitrogens with zero attached hydrogens (tertiary/aromatic N) is 1. The van der Waals surface area contributed by atoms with Crippen LogP contribution in [0.2, 0.25) is 0 Å². The second-order valence-electron chi connectivity index (χ2n) is 3.17. The summed E-state index contributed by atoms with van der Waals surface area (Å²) in [5.41, 5.74) is 1.26. The van der Waals surface area contributed by atoms with Crippen molar-refractivity contribution in [3.8, 4) is 0 Å². The number of pyridine rings is 1. The molecule has 1 aromatic heterocycles. The Morgan fingerprint density at radius 2 is 2.25 bits per heavy atom. The zero-order chi connectivity index (χ0) is 8.55. The maximum Gasteiger partial charge on any atom is 0.101 e. The summed E-state index contributed by atoms with van der Waals surface area (Å²) in [6.07, 6.45) is 2.55. The fourth-order valence-electron chi connectivity index (χ4n) is 1.25. The Kier molecular flexibility index (Phi) is 2.89.